The molecule has 6 nitrogen and oxygen atoms in total. The average Bonchev–Trinajstić information content (AvgIpc) is 2.82. The van der Waals surface area contributed by atoms with Gasteiger partial charge in [-0.15, -0.1) is 0 Å². The van der Waals surface area contributed by atoms with Crippen LogP contribution in [0.2, 0.25) is 0 Å². The van der Waals surface area contributed by atoms with Crippen LogP contribution in [0.3, 0.4) is 0 Å². The van der Waals surface area contributed by atoms with Gasteiger partial charge in [0.15, 0.2) is 5.82 Å². The molecule has 0 aliphatic carbocycles. The van der Waals surface area contributed by atoms with E-state index in [2.05, 4.69) is 10.1 Å². The molecule has 0 atom stereocenters. The van der Waals surface area contributed by atoms with E-state index in [1.165, 1.54) is 12.3 Å². The fraction of sp³-hybridized carbons (Fsp3) is 0.333. The van der Waals surface area contributed by atoms with Crippen LogP contribution in [0.25, 0.3) is 5.82 Å². The van der Waals surface area contributed by atoms with Crippen LogP contribution in [0.1, 0.15) is 25.2 Å². The Morgan fingerprint density at radius 3 is 2.61 bits per heavy atom. The van der Waals surface area contributed by atoms with E-state index in [0.29, 0.717) is 5.82 Å². The summed E-state index contributed by atoms with van der Waals surface area (Å²) in [5.74, 6) is 0.608. The summed E-state index contributed by atoms with van der Waals surface area (Å²) >= 11 is 0. The third-order valence-electron chi connectivity index (χ3n) is 2.72. The lowest BCUT2D eigenvalue weighted by Crippen LogP contribution is -2.04. The van der Waals surface area contributed by atoms with Gasteiger partial charge in [-0.2, -0.15) is 5.10 Å². The highest BCUT2D eigenvalue weighted by atomic mass is 16.6. The summed E-state index contributed by atoms with van der Waals surface area (Å²) < 4.78 is 1.74. The van der Waals surface area contributed by atoms with Crippen LogP contribution in [0, 0.1) is 10.1 Å². The third kappa shape index (κ3) is 2.22. The molecule has 2 aromatic rings. The highest BCUT2D eigenvalue weighted by Crippen LogP contribution is 2.15. The van der Waals surface area contributed by atoms with E-state index in [-0.39, 0.29) is 5.69 Å². The molecule has 0 fully saturated rings. The first-order valence-electron chi connectivity index (χ1n) is 5.84. The monoisotopic (exact) mass is 246 g/mol. The van der Waals surface area contributed by atoms with Crippen molar-refractivity contribution >= 4 is 5.69 Å². The van der Waals surface area contributed by atoms with E-state index in [9.17, 15) is 10.1 Å². The summed E-state index contributed by atoms with van der Waals surface area (Å²) in [6, 6.07) is 5.09. The van der Waals surface area contributed by atoms with Gasteiger partial charge in [-0.05, 0) is 25.0 Å². The molecule has 2 heterocycles. The maximum atomic E-state index is 10.6. The Labute approximate surface area is 104 Å². The van der Waals surface area contributed by atoms with Crippen molar-refractivity contribution in [3.8, 4) is 5.82 Å². The standard InChI is InChI=1S/C12H14N4O2/c1-3-9-7-10(4-2)15(14-9)12-6-5-11(8-13-12)16(17)18/h5-8H,3-4H2,1-2H3. The molecule has 0 saturated heterocycles. The van der Waals surface area contributed by atoms with Gasteiger partial charge in [-0.1, -0.05) is 13.8 Å². The highest BCUT2D eigenvalue weighted by Gasteiger charge is 2.10. The van der Waals surface area contributed by atoms with E-state index in [1.54, 1.807) is 10.7 Å². The predicted molar refractivity (Wildman–Crippen MR) is 66.8 cm³/mol. The summed E-state index contributed by atoms with van der Waals surface area (Å²) in [6.07, 6.45) is 2.95. The zero-order chi connectivity index (χ0) is 13.1. The Morgan fingerprint density at radius 2 is 2.11 bits per heavy atom. The molecule has 0 aliphatic rings. The minimum atomic E-state index is -0.460. The van der Waals surface area contributed by atoms with Crippen LogP contribution in [-0.4, -0.2) is 19.7 Å². The van der Waals surface area contributed by atoms with Gasteiger partial charge < -0.3 is 0 Å². The average molecular weight is 246 g/mol. The quantitative estimate of drug-likeness (QED) is 0.612. The molecule has 0 radical (unpaired) electrons. The fourth-order valence-corrected chi connectivity index (χ4v) is 1.71. The SMILES string of the molecule is CCc1cc(CC)n(-c2ccc([N+](=O)[O-])cn2)n1. The molecule has 18 heavy (non-hydrogen) atoms. The molecular weight excluding hydrogens is 232 g/mol. The summed E-state index contributed by atoms with van der Waals surface area (Å²) in [5.41, 5.74) is 2.03. The second-order valence-electron chi connectivity index (χ2n) is 3.88. The van der Waals surface area contributed by atoms with E-state index < -0.39 is 4.92 Å². The minimum Gasteiger partial charge on any atom is -0.258 e. The summed E-state index contributed by atoms with van der Waals surface area (Å²) in [5, 5.41) is 15.0. The van der Waals surface area contributed by atoms with Crippen LogP contribution in [0.15, 0.2) is 24.4 Å². The molecule has 0 unspecified atom stereocenters. The van der Waals surface area contributed by atoms with Gasteiger partial charge in [-0.25, -0.2) is 9.67 Å². The number of hydrogen-bond donors (Lipinski definition) is 0. The van der Waals surface area contributed by atoms with Crippen molar-refractivity contribution in [1.82, 2.24) is 14.8 Å². The highest BCUT2D eigenvalue weighted by molar-refractivity contribution is 5.34. The molecule has 6 heteroatoms. The van der Waals surface area contributed by atoms with Crippen molar-refractivity contribution in [1.29, 1.82) is 0 Å². The Hall–Kier alpha value is -2.24. The number of hydrogen-bond acceptors (Lipinski definition) is 4. The summed E-state index contributed by atoms with van der Waals surface area (Å²) in [4.78, 5) is 14.2. The van der Waals surface area contributed by atoms with E-state index >= 15 is 0 Å². The lowest BCUT2D eigenvalue weighted by atomic mass is 10.2. The van der Waals surface area contributed by atoms with Gasteiger partial charge in [0, 0.05) is 11.8 Å². The summed E-state index contributed by atoms with van der Waals surface area (Å²) in [6.45, 7) is 4.08. The Kier molecular flexibility index (Phi) is 3.36. The number of nitro groups is 1. The number of rotatable bonds is 4. The first-order chi connectivity index (χ1) is 8.65. The predicted octanol–water partition coefficient (Wildman–Crippen LogP) is 2.30. The first kappa shape index (κ1) is 12.2. The molecule has 0 amide bonds. The minimum absolute atomic E-state index is 0.0142. The third-order valence-corrected chi connectivity index (χ3v) is 2.72. The van der Waals surface area contributed by atoms with Crippen LogP contribution in [0.5, 0.6) is 0 Å². The van der Waals surface area contributed by atoms with Gasteiger partial charge in [0.05, 0.1) is 10.6 Å². The van der Waals surface area contributed by atoms with Gasteiger partial charge in [0.1, 0.15) is 6.20 Å². The van der Waals surface area contributed by atoms with Gasteiger partial charge >= 0.3 is 0 Å². The maximum absolute atomic E-state index is 10.6. The van der Waals surface area contributed by atoms with Gasteiger partial charge in [-0.3, -0.25) is 10.1 Å². The van der Waals surface area contributed by atoms with Crippen LogP contribution in [-0.2, 0) is 12.8 Å². The smallest absolute Gasteiger partial charge is 0.258 e. The van der Waals surface area contributed by atoms with Crippen LogP contribution in [0.4, 0.5) is 5.69 Å². The second kappa shape index (κ2) is 4.95. The Morgan fingerprint density at radius 1 is 1.33 bits per heavy atom. The molecular formula is C12H14N4O2. The molecule has 0 aliphatic heterocycles. The molecule has 2 aromatic heterocycles. The molecule has 2 rings (SSSR count). The lowest BCUT2D eigenvalue weighted by molar-refractivity contribution is -0.385. The van der Waals surface area contributed by atoms with Gasteiger partial charge in [0.2, 0.25) is 0 Å². The Balaban J connectivity index is 2.41. The van der Waals surface area contributed by atoms with Crippen molar-refractivity contribution in [2.75, 3.05) is 0 Å². The van der Waals surface area contributed by atoms with Crippen molar-refractivity contribution < 1.29 is 4.92 Å². The number of aryl methyl sites for hydroxylation is 2. The van der Waals surface area contributed by atoms with Crippen LogP contribution < -0.4 is 0 Å². The topological polar surface area (TPSA) is 73.8 Å². The number of pyridine rings is 1. The molecule has 0 bridgehead atoms. The molecule has 0 N–H and O–H groups in total. The van der Waals surface area contributed by atoms with Crippen molar-refractivity contribution in [3.63, 3.8) is 0 Å². The van der Waals surface area contributed by atoms with Crippen molar-refractivity contribution in [3.05, 3.63) is 45.9 Å². The zero-order valence-electron chi connectivity index (χ0n) is 10.3. The first-order valence-corrected chi connectivity index (χ1v) is 5.84. The number of aromatic nitrogens is 3. The van der Waals surface area contributed by atoms with E-state index in [4.69, 9.17) is 0 Å². The number of nitrogens with zero attached hydrogens (tertiary/aromatic N) is 4. The van der Waals surface area contributed by atoms with Crippen molar-refractivity contribution in [2.24, 2.45) is 0 Å². The second-order valence-corrected chi connectivity index (χ2v) is 3.88. The molecule has 0 saturated carbocycles. The largest absolute Gasteiger partial charge is 0.287 e. The zero-order valence-corrected chi connectivity index (χ0v) is 10.3. The molecule has 0 aromatic carbocycles. The Bertz CT molecular complexity index is 560. The lowest BCUT2D eigenvalue weighted by Gasteiger charge is -2.03. The normalized spacial score (nSPS) is 10.6. The van der Waals surface area contributed by atoms with Crippen molar-refractivity contribution in [2.45, 2.75) is 26.7 Å². The van der Waals surface area contributed by atoms with E-state index in [1.807, 2.05) is 19.9 Å². The van der Waals surface area contributed by atoms with Gasteiger partial charge in [0.25, 0.3) is 5.69 Å². The van der Waals surface area contributed by atoms with Crippen LogP contribution >= 0.6 is 0 Å². The fourth-order valence-electron chi connectivity index (χ4n) is 1.71. The molecule has 0 spiro atoms. The maximum Gasteiger partial charge on any atom is 0.287 e. The molecule has 94 valence electrons. The summed E-state index contributed by atoms with van der Waals surface area (Å²) in [7, 11) is 0. The van der Waals surface area contributed by atoms with E-state index in [0.717, 1.165) is 24.2 Å².